The summed E-state index contributed by atoms with van der Waals surface area (Å²) in [5.41, 5.74) is 4.95. The number of aryl methyl sites for hydroxylation is 3. The number of methoxy groups -OCH3 is 1. The molecule has 0 atom stereocenters. The van der Waals surface area contributed by atoms with Gasteiger partial charge in [0.15, 0.2) is 0 Å². The largest absolute Gasteiger partial charge is 0.496 e. The maximum atomic E-state index is 13.0. The molecule has 0 aromatic heterocycles. The average molecular weight is 453 g/mol. The lowest BCUT2D eigenvalue weighted by atomic mass is 10.0. The van der Waals surface area contributed by atoms with Gasteiger partial charge in [-0.2, -0.15) is 4.31 Å². The van der Waals surface area contributed by atoms with Gasteiger partial charge >= 0.3 is 0 Å². The number of rotatable bonds is 4. The van der Waals surface area contributed by atoms with Gasteiger partial charge in [-0.25, -0.2) is 8.42 Å². The Morgan fingerprint density at radius 3 is 2.11 bits per heavy atom. The predicted octanol–water partition coefficient (Wildman–Crippen LogP) is 3.89. The van der Waals surface area contributed by atoms with Crippen LogP contribution < -0.4 is 9.64 Å². The van der Waals surface area contributed by atoms with E-state index in [2.05, 4.69) is 53.7 Å². The van der Waals surface area contributed by atoms with Gasteiger partial charge in [0.25, 0.3) is 0 Å². The SMILES string of the molecule is COc1cc(S(=O)(=O)N2CCN(c3c(C)cc(C)cc3C)CC2)ccc1Br. The summed E-state index contributed by atoms with van der Waals surface area (Å²) >= 11 is 3.37. The van der Waals surface area contributed by atoms with Crippen molar-refractivity contribution in [2.45, 2.75) is 25.7 Å². The average Bonchev–Trinajstić information content (AvgIpc) is 2.61. The molecule has 2 aromatic carbocycles. The van der Waals surface area contributed by atoms with Crippen LogP contribution in [0.1, 0.15) is 16.7 Å². The molecule has 0 spiro atoms. The van der Waals surface area contributed by atoms with Gasteiger partial charge in [0.05, 0.1) is 16.5 Å². The standard InChI is InChI=1S/C20H25BrN2O3S/c1-14-11-15(2)20(16(3)12-14)22-7-9-23(10-8-22)27(24,25)17-5-6-18(21)19(13-17)26-4/h5-6,11-13H,7-10H2,1-4H3. The third-order valence-corrected chi connectivity index (χ3v) is 7.50. The monoisotopic (exact) mass is 452 g/mol. The zero-order chi connectivity index (χ0) is 19.8. The van der Waals surface area contributed by atoms with Gasteiger partial charge in [-0.15, -0.1) is 0 Å². The van der Waals surface area contributed by atoms with E-state index in [4.69, 9.17) is 4.74 Å². The summed E-state index contributed by atoms with van der Waals surface area (Å²) in [6, 6.07) is 9.25. The lowest BCUT2D eigenvalue weighted by molar-refractivity contribution is 0.383. The Hall–Kier alpha value is -1.57. The van der Waals surface area contributed by atoms with Crippen molar-refractivity contribution in [2.24, 2.45) is 0 Å². The summed E-state index contributed by atoms with van der Waals surface area (Å²) < 4.78 is 33.6. The van der Waals surface area contributed by atoms with Gasteiger partial charge in [-0.3, -0.25) is 0 Å². The van der Waals surface area contributed by atoms with Crippen molar-refractivity contribution >= 4 is 31.6 Å². The van der Waals surface area contributed by atoms with Gasteiger partial charge in [-0.1, -0.05) is 17.7 Å². The summed E-state index contributed by atoms with van der Waals surface area (Å²) in [5.74, 6) is 0.514. The van der Waals surface area contributed by atoms with Crippen LogP contribution >= 0.6 is 15.9 Å². The molecule has 1 aliphatic rings. The normalized spacial score (nSPS) is 15.8. The van der Waals surface area contributed by atoms with Crippen molar-refractivity contribution in [3.05, 3.63) is 51.5 Å². The first kappa shape index (κ1) is 20.2. The lowest BCUT2D eigenvalue weighted by Crippen LogP contribution is -2.49. The van der Waals surface area contributed by atoms with Gasteiger partial charge in [0.1, 0.15) is 5.75 Å². The molecule has 1 saturated heterocycles. The maximum Gasteiger partial charge on any atom is 0.243 e. The highest BCUT2D eigenvalue weighted by molar-refractivity contribution is 9.10. The number of nitrogens with zero attached hydrogens (tertiary/aromatic N) is 2. The highest BCUT2D eigenvalue weighted by Crippen LogP contribution is 2.31. The first-order chi connectivity index (χ1) is 12.7. The molecule has 1 aliphatic heterocycles. The summed E-state index contributed by atoms with van der Waals surface area (Å²) in [5, 5.41) is 0. The second kappa shape index (κ2) is 7.81. The van der Waals surface area contributed by atoms with Crippen LogP contribution in [0.25, 0.3) is 0 Å². The number of sulfonamides is 1. The Morgan fingerprint density at radius 2 is 1.56 bits per heavy atom. The van der Waals surface area contributed by atoms with E-state index in [0.717, 1.165) is 4.47 Å². The Balaban J connectivity index is 1.79. The second-order valence-corrected chi connectivity index (χ2v) is 9.73. The molecule has 146 valence electrons. The molecule has 1 heterocycles. The van der Waals surface area contributed by atoms with E-state index in [0.29, 0.717) is 31.9 Å². The summed E-state index contributed by atoms with van der Waals surface area (Å²) in [6.45, 7) is 8.62. The molecule has 7 heteroatoms. The fraction of sp³-hybridized carbons (Fsp3) is 0.400. The van der Waals surface area contributed by atoms with E-state index >= 15 is 0 Å². The fourth-order valence-electron chi connectivity index (χ4n) is 3.77. The fourth-order valence-corrected chi connectivity index (χ4v) is 5.62. The molecule has 0 amide bonds. The Kier molecular flexibility index (Phi) is 5.84. The van der Waals surface area contributed by atoms with Crippen LogP contribution in [-0.2, 0) is 10.0 Å². The number of ether oxygens (including phenoxy) is 1. The van der Waals surface area contributed by atoms with Crippen LogP contribution in [0.2, 0.25) is 0 Å². The molecular weight excluding hydrogens is 428 g/mol. The molecular formula is C20H25BrN2O3S. The van der Waals surface area contributed by atoms with E-state index in [1.54, 1.807) is 22.5 Å². The summed E-state index contributed by atoms with van der Waals surface area (Å²) in [7, 11) is -2.01. The highest BCUT2D eigenvalue weighted by Gasteiger charge is 2.30. The molecule has 0 saturated carbocycles. The molecule has 27 heavy (non-hydrogen) atoms. The van der Waals surface area contributed by atoms with Crippen LogP contribution in [0.5, 0.6) is 5.75 Å². The Bertz CT molecular complexity index is 929. The van der Waals surface area contributed by atoms with Gasteiger partial charge in [-0.05, 0) is 60.0 Å². The summed E-state index contributed by atoms with van der Waals surface area (Å²) in [4.78, 5) is 2.55. The number of anilines is 1. The van der Waals surface area contributed by atoms with Gasteiger partial charge < -0.3 is 9.64 Å². The Morgan fingerprint density at radius 1 is 0.963 bits per heavy atom. The lowest BCUT2D eigenvalue weighted by Gasteiger charge is -2.37. The number of benzene rings is 2. The van der Waals surface area contributed by atoms with Gasteiger partial charge in [0, 0.05) is 37.9 Å². The number of halogens is 1. The first-order valence-electron chi connectivity index (χ1n) is 8.90. The zero-order valence-corrected chi connectivity index (χ0v) is 18.5. The van der Waals surface area contributed by atoms with Gasteiger partial charge in [0.2, 0.25) is 10.0 Å². The third-order valence-electron chi connectivity index (χ3n) is 4.95. The molecule has 2 aromatic rings. The number of hydrogen-bond donors (Lipinski definition) is 0. The van der Waals surface area contributed by atoms with Crippen LogP contribution in [0.15, 0.2) is 39.7 Å². The molecule has 1 fully saturated rings. The number of piperazine rings is 1. The van der Waals surface area contributed by atoms with E-state index < -0.39 is 10.0 Å². The van der Waals surface area contributed by atoms with Crippen LogP contribution in [0, 0.1) is 20.8 Å². The third kappa shape index (κ3) is 4.00. The van der Waals surface area contributed by atoms with Crippen LogP contribution in [0.4, 0.5) is 5.69 Å². The van der Waals surface area contributed by atoms with Crippen molar-refractivity contribution in [3.63, 3.8) is 0 Å². The van der Waals surface area contributed by atoms with Crippen molar-refractivity contribution in [3.8, 4) is 5.75 Å². The van der Waals surface area contributed by atoms with E-state index in [1.807, 2.05) is 0 Å². The van der Waals surface area contributed by atoms with Crippen molar-refractivity contribution in [2.75, 3.05) is 38.2 Å². The first-order valence-corrected chi connectivity index (χ1v) is 11.1. The molecule has 0 N–H and O–H groups in total. The maximum absolute atomic E-state index is 13.0. The molecule has 0 unspecified atom stereocenters. The topological polar surface area (TPSA) is 49.9 Å². The highest BCUT2D eigenvalue weighted by atomic mass is 79.9. The molecule has 0 radical (unpaired) electrons. The molecule has 5 nitrogen and oxygen atoms in total. The zero-order valence-electron chi connectivity index (χ0n) is 16.1. The van der Waals surface area contributed by atoms with Crippen molar-refractivity contribution in [1.29, 1.82) is 0 Å². The number of hydrogen-bond acceptors (Lipinski definition) is 4. The van der Waals surface area contributed by atoms with Crippen LogP contribution in [-0.4, -0.2) is 46.0 Å². The van der Waals surface area contributed by atoms with E-state index in [9.17, 15) is 8.42 Å². The minimum Gasteiger partial charge on any atom is -0.496 e. The Labute approximate surface area is 170 Å². The summed E-state index contributed by atoms with van der Waals surface area (Å²) in [6.07, 6.45) is 0. The van der Waals surface area contributed by atoms with E-state index in [-0.39, 0.29) is 4.90 Å². The smallest absolute Gasteiger partial charge is 0.243 e. The molecule has 0 aliphatic carbocycles. The van der Waals surface area contributed by atoms with Crippen molar-refractivity contribution < 1.29 is 13.2 Å². The minimum atomic E-state index is -3.54. The quantitative estimate of drug-likeness (QED) is 0.705. The van der Waals surface area contributed by atoms with Crippen LogP contribution in [0.3, 0.4) is 0 Å². The molecule has 3 rings (SSSR count). The van der Waals surface area contributed by atoms with E-state index in [1.165, 1.54) is 29.5 Å². The predicted molar refractivity (Wildman–Crippen MR) is 112 cm³/mol. The second-order valence-electron chi connectivity index (χ2n) is 6.93. The minimum absolute atomic E-state index is 0.263. The van der Waals surface area contributed by atoms with Crippen molar-refractivity contribution in [1.82, 2.24) is 4.31 Å². The molecule has 0 bridgehead atoms.